The van der Waals surface area contributed by atoms with Crippen LogP contribution in [0.4, 0.5) is 13.2 Å². The van der Waals surface area contributed by atoms with Gasteiger partial charge in [-0.3, -0.25) is 0 Å². The molecule has 1 aromatic rings. The minimum absolute atomic E-state index is 0.131. The minimum atomic E-state index is -3.63. The van der Waals surface area contributed by atoms with Gasteiger partial charge in [0.15, 0.2) is 0 Å². The fourth-order valence-corrected chi connectivity index (χ4v) is 3.50. The Labute approximate surface area is 104 Å². The molecule has 1 aliphatic rings. The molecule has 2 rings (SSSR count). The summed E-state index contributed by atoms with van der Waals surface area (Å²) < 4.78 is 60.9. The van der Waals surface area contributed by atoms with Crippen LogP contribution in [0.5, 0.6) is 0 Å². The number of aromatic nitrogens is 2. The van der Waals surface area contributed by atoms with Gasteiger partial charge in [0.2, 0.25) is 14.2 Å². The van der Waals surface area contributed by atoms with Crippen molar-refractivity contribution < 1.29 is 21.6 Å². The highest BCUT2D eigenvalue weighted by atomic mass is 35.5. The van der Waals surface area contributed by atoms with Gasteiger partial charge in [-0.05, 0) is 0 Å². The van der Waals surface area contributed by atoms with Gasteiger partial charge in [-0.25, -0.2) is 21.6 Å². The molecular weight excluding hydrogens is 301 g/mol. The van der Waals surface area contributed by atoms with Crippen molar-refractivity contribution in [3.05, 3.63) is 5.01 Å². The molecule has 17 heavy (non-hydrogen) atoms. The van der Waals surface area contributed by atoms with Crippen LogP contribution in [0.25, 0.3) is 0 Å². The van der Waals surface area contributed by atoms with E-state index in [0.717, 1.165) is 6.26 Å². The molecule has 4 nitrogen and oxygen atoms in total. The summed E-state index contributed by atoms with van der Waals surface area (Å²) in [5.74, 6) is -4.96. The fourth-order valence-electron chi connectivity index (χ4n) is 1.40. The van der Waals surface area contributed by atoms with Crippen LogP contribution in [0.3, 0.4) is 0 Å². The molecule has 0 spiro atoms. The van der Waals surface area contributed by atoms with Crippen molar-refractivity contribution >= 4 is 32.8 Å². The SMILES string of the molecule is CS(=O)(=O)c1nnc(C2CC(F)(F)C2(F)Cl)s1. The highest BCUT2D eigenvalue weighted by Crippen LogP contribution is 2.61. The van der Waals surface area contributed by atoms with Gasteiger partial charge in [0.05, 0.1) is 5.92 Å². The maximum Gasteiger partial charge on any atom is 0.296 e. The molecule has 0 bridgehead atoms. The summed E-state index contributed by atoms with van der Waals surface area (Å²) in [6.07, 6.45) is 0.0987. The zero-order valence-electron chi connectivity index (χ0n) is 8.32. The third-order valence-electron chi connectivity index (χ3n) is 2.42. The first-order valence-electron chi connectivity index (χ1n) is 4.35. The molecule has 0 aromatic carbocycles. The van der Waals surface area contributed by atoms with E-state index in [-0.39, 0.29) is 9.35 Å². The second kappa shape index (κ2) is 3.55. The van der Waals surface area contributed by atoms with E-state index in [4.69, 9.17) is 11.6 Å². The summed E-state index contributed by atoms with van der Waals surface area (Å²) in [7, 11) is -3.57. The van der Waals surface area contributed by atoms with Gasteiger partial charge in [0.1, 0.15) is 5.01 Å². The number of halogens is 4. The Morgan fingerprint density at radius 1 is 1.41 bits per heavy atom. The van der Waals surface area contributed by atoms with E-state index >= 15 is 0 Å². The molecule has 10 heteroatoms. The molecule has 96 valence electrons. The summed E-state index contributed by atoms with van der Waals surface area (Å²) in [6, 6.07) is 0. The smallest absolute Gasteiger partial charge is 0.221 e. The van der Waals surface area contributed by atoms with Crippen LogP contribution in [0.15, 0.2) is 4.34 Å². The van der Waals surface area contributed by atoms with Crippen molar-refractivity contribution in [1.29, 1.82) is 0 Å². The summed E-state index contributed by atoms with van der Waals surface area (Å²) in [5.41, 5.74) is 0. The molecule has 1 fully saturated rings. The summed E-state index contributed by atoms with van der Waals surface area (Å²) >= 11 is 5.65. The fraction of sp³-hybridized carbons (Fsp3) is 0.714. The second-order valence-corrected chi connectivity index (χ2v) is 7.51. The van der Waals surface area contributed by atoms with Gasteiger partial charge in [-0.1, -0.05) is 22.9 Å². The monoisotopic (exact) mass is 306 g/mol. The Morgan fingerprint density at radius 3 is 2.35 bits per heavy atom. The molecule has 0 aliphatic heterocycles. The van der Waals surface area contributed by atoms with Gasteiger partial charge < -0.3 is 0 Å². The number of rotatable bonds is 2. The lowest BCUT2D eigenvalue weighted by Crippen LogP contribution is -2.56. The topological polar surface area (TPSA) is 59.9 Å². The first-order valence-corrected chi connectivity index (χ1v) is 7.43. The van der Waals surface area contributed by atoms with Crippen molar-refractivity contribution in [2.24, 2.45) is 0 Å². The first-order chi connectivity index (χ1) is 7.56. The van der Waals surface area contributed by atoms with Crippen molar-refractivity contribution in [2.45, 2.75) is 27.7 Å². The molecule has 0 amide bonds. The van der Waals surface area contributed by atoms with Crippen LogP contribution in [-0.2, 0) is 9.84 Å². The molecule has 0 radical (unpaired) electrons. The Morgan fingerprint density at radius 2 is 2.00 bits per heavy atom. The van der Waals surface area contributed by atoms with Crippen LogP contribution in [0.2, 0.25) is 0 Å². The molecule has 0 N–H and O–H groups in total. The van der Waals surface area contributed by atoms with Crippen molar-refractivity contribution in [2.75, 3.05) is 6.26 Å². The standard InChI is InChI=1S/C7H6ClF3N2O2S2/c1-17(14,15)5-13-12-4(16-5)3-2-6(9,10)7(3,8)11/h3H,2H2,1H3. The Hall–Kier alpha value is -0.410. The molecule has 2 unspecified atom stereocenters. The molecule has 1 aliphatic carbocycles. The van der Waals surface area contributed by atoms with Crippen LogP contribution < -0.4 is 0 Å². The Kier molecular flexibility index (Phi) is 2.72. The Bertz CT molecular complexity index is 557. The van der Waals surface area contributed by atoms with Crippen molar-refractivity contribution in [3.63, 3.8) is 0 Å². The molecule has 1 heterocycles. The van der Waals surface area contributed by atoms with Gasteiger partial charge in [-0.2, -0.15) is 0 Å². The van der Waals surface area contributed by atoms with Crippen molar-refractivity contribution in [1.82, 2.24) is 10.2 Å². The zero-order chi connectivity index (χ0) is 13.1. The lowest BCUT2D eigenvalue weighted by atomic mass is 9.79. The van der Waals surface area contributed by atoms with Crippen LogP contribution in [0, 0.1) is 0 Å². The van der Waals surface area contributed by atoms with Crippen LogP contribution >= 0.6 is 22.9 Å². The number of hydrogen-bond donors (Lipinski definition) is 0. The largest absolute Gasteiger partial charge is 0.296 e. The van der Waals surface area contributed by atoms with Crippen LogP contribution in [-0.4, -0.2) is 35.9 Å². The van der Waals surface area contributed by atoms with E-state index in [1.165, 1.54) is 0 Å². The quantitative estimate of drug-likeness (QED) is 0.784. The van der Waals surface area contributed by atoms with E-state index in [9.17, 15) is 21.6 Å². The summed E-state index contributed by atoms with van der Waals surface area (Å²) in [4.78, 5) is 0. The van der Waals surface area contributed by atoms with E-state index in [0.29, 0.717) is 11.3 Å². The second-order valence-electron chi connectivity index (χ2n) is 3.76. The number of nitrogens with zero attached hydrogens (tertiary/aromatic N) is 2. The maximum atomic E-state index is 13.4. The van der Waals surface area contributed by atoms with E-state index in [1.54, 1.807) is 0 Å². The third-order valence-corrected chi connectivity index (χ3v) is 5.67. The Balaban J connectivity index is 2.30. The lowest BCUT2D eigenvalue weighted by Gasteiger charge is -2.43. The molecule has 2 atom stereocenters. The average Bonchev–Trinajstić information content (AvgIpc) is 2.61. The lowest BCUT2D eigenvalue weighted by molar-refractivity contribution is -0.182. The molecular formula is C7H6ClF3N2O2S2. The van der Waals surface area contributed by atoms with Crippen molar-refractivity contribution in [3.8, 4) is 0 Å². The predicted octanol–water partition coefficient (Wildman–Crippen LogP) is 1.97. The summed E-state index contributed by atoms with van der Waals surface area (Å²) in [6.45, 7) is 0. The van der Waals surface area contributed by atoms with Gasteiger partial charge >= 0.3 is 0 Å². The first kappa shape index (κ1) is 13.0. The number of alkyl halides is 4. The molecule has 1 saturated carbocycles. The van der Waals surface area contributed by atoms with Gasteiger partial charge in [0, 0.05) is 12.7 Å². The average molecular weight is 307 g/mol. The third kappa shape index (κ3) is 1.93. The van der Waals surface area contributed by atoms with Gasteiger partial charge in [-0.15, -0.1) is 10.2 Å². The summed E-state index contributed by atoms with van der Waals surface area (Å²) in [5, 5.41) is 3.36. The van der Waals surface area contributed by atoms with Gasteiger partial charge in [0.25, 0.3) is 11.1 Å². The number of hydrogen-bond acceptors (Lipinski definition) is 5. The molecule has 1 aromatic heterocycles. The number of sulfone groups is 1. The zero-order valence-corrected chi connectivity index (χ0v) is 10.7. The van der Waals surface area contributed by atoms with E-state index in [2.05, 4.69) is 10.2 Å². The minimum Gasteiger partial charge on any atom is -0.221 e. The highest BCUT2D eigenvalue weighted by molar-refractivity contribution is 7.92. The predicted molar refractivity (Wildman–Crippen MR) is 55.0 cm³/mol. The maximum absolute atomic E-state index is 13.4. The van der Waals surface area contributed by atoms with E-state index in [1.807, 2.05) is 0 Å². The normalized spacial score (nSPS) is 32.2. The highest BCUT2D eigenvalue weighted by Gasteiger charge is 2.70. The van der Waals surface area contributed by atoms with E-state index < -0.39 is 33.2 Å². The molecule has 0 saturated heterocycles. The van der Waals surface area contributed by atoms with Crippen LogP contribution in [0.1, 0.15) is 17.3 Å².